The van der Waals surface area contributed by atoms with Crippen molar-refractivity contribution in [1.29, 1.82) is 0 Å². The number of hydrogen-bond donors (Lipinski definition) is 1. The van der Waals surface area contributed by atoms with Gasteiger partial charge in [0.05, 0.1) is 0 Å². The lowest BCUT2D eigenvalue weighted by atomic mass is 9.98. The second-order valence-corrected chi connectivity index (χ2v) is 9.62. The zero-order chi connectivity index (χ0) is 22.7. The molecule has 1 N–H and O–H groups in total. The van der Waals surface area contributed by atoms with E-state index in [0.29, 0.717) is 12.0 Å². The molecule has 3 nitrogen and oxygen atoms in total. The van der Waals surface area contributed by atoms with Crippen LogP contribution in [0.4, 0.5) is 0 Å². The Morgan fingerprint density at radius 3 is 1.56 bits per heavy atom. The fourth-order valence-corrected chi connectivity index (χ4v) is 4.57. The van der Waals surface area contributed by atoms with Gasteiger partial charge in [0.1, 0.15) is 4.90 Å². The number of rotatable bonds is 6. The Morgan fingerprint density at radius 2 is 1.03 bits per heavy atom. The molecule has 0 saturated heterocycles. The molecule has 4 rings (SSSR count). The summed E-state index contributed by atoms with van der Waals surface area (Å²) in [5.74, 6) is 0. The van der Waals surface area contributed by atoms with Crippen LogP contribution in [-0.2, 0) is 23.0 Å². The molecule has 0 unspecified atom stereocenters. The molecule has 162 valence electrons. The third-order valence-electron chi connectivity index (χ3n) is 5.73. The number of aryl methyl sites for hydroxylation is 4. The van der Waals surface area contributed by atoms with Gasteiger partial charge in [-0.15, -0.1) is 0 Å². The predicted molar refractivity (Wildman–Crippen MR) is 130 cm³/mol. The standard InChI is InChI=1S/C28H26O3S/c1-20-3-12-24(13-4-20)25-16-9-22(10-17-25)7-8-23-11-18-27(28(19-23)32(29,30)31)26-14-5-21(2)6-15-26/h3-6,9-19H,7-8H2,1-2H3,(H,29,30,31). The highest BCUT2D eigenvalue weighted by atomic mass is 32.2. The summed E-state index contributed by atoms with van der Waals surface area (Å²) in [6.45, 7) is 4.05. The molecule has 0 amide bonds. The van der Waals surface area contributed by atoms with Gasteiger partial charge >= 0.3 is 0 Å². The van der Waals surface area contributed by atoms with E-state index in [2.05, 4.69) is 55.5 Å². The lowest BCUT2D eigenvalue weighted by Crippen LogP contribution is -2.03. The fraction of sp³-hybridized carbons (Fsp3) is 0.143. The Kier molecular flexibility index (Phi) is 6.26. The largest absolute Gasteiger partial charge is 0.295 e. The Morgan fingerprint density at radius 1 is 0.594 bits per heavy atom. The van der Waals surface area contributed by atoms with Crippen LogP contribution in [0.2, 0.25) is 0 Å². The maximum atomic E-state index is 12.1. The van der Waals surface area contributed by atoms with Gasteiger partial charge in [0.25, 0.3) is 10.1 Å². The second-order valence-electron chi connectivity index (χ2n) is 8.23. The molecule has 4 aromatic rings. The Hall–Kier alpha value is -3.21. The van der Waals surface area contributed by atoms with Gasteiger partial charge in [0.2, 0.25) is 0 Å². The molecule has 0 saturated carbocycles. The smallest absolute Gasteiger partial charge is 0.282 e. The Balaban J connectivity index is 1.53. The fourth-order valence-electron chi connectivity index (χ4n) is 3.81. The summed E-state index contributed by atoms with van der Waals surface area (Å²) in [4.78, 5) is -0.0476. The highest BCUT2D eigenvalue weighted by Crippen LogP contribution is 2.29. The van der Waals surface area contributed by atoms with Gasteiger partial charge in [-0.3, -0.25) is 4.55 Å². The normalized spacial score (nSPS) is 11.5. The van der Waals surface area contributed by atoms with E-state index < -0.39 is 10.1 Å². The number of hydrogen-bond acceptors (Lipinski definition) is 2. The third kappa shape index (κ3) is 5.16. The van der Waals surface area contributed by atoms with E-state index in [1.807, 2.05) is 37.3 Å². The minimum absolute atomic E-state index is 0.0476. The van der Waals surface area contributed by atoms with E-state index in [1.54, 1.807) is 12.1 Å². The summed E-state index contributed by atoms with van der Waals surface area (Å²) in [6, 6.07) is 29.8. The molecular formula is C28H26O3S. The van der Waals surface area contributed by atoms with Crippen molar-refractivity contribution in [2.45, 2.75) is 31.6 Å². The first-order valence-corrected chi connectivity index (χ1v) is 12.1. The van der Waals surface area contributed by atoms with E-state index in [-0.39, 0.29) is 4.90 Å². The molecule has 0 aliphatic carbocycles. The van der Waals surface area contributed by atoms with Crippen molar-refractivity contribution in [3.63, 3.8) is 0 Å². The molecule has 0 bridgehead atoms. The first-order chi connectivity index (χ1) is 15.3. The highest BCUT2D eigenvalue weighted by Gasteiger charge is 2.17. The lowest BCUT2D eigenvalue weighted by Gasteiger charge is -2.11. The van der Waals surface area contributed by atoms with Crippen molar-refractivity contribution in [3.05, 3.63) is 113 Å². The molecule has 4 heteroatoms. The van der Waals surface area contributed by atoms with E-state index in [9.17, 15) is 13.0 Å². The molecule has 0 spiro atoms. The van der Waals surface area contributed by atoms with Crippen LogP contribution >= 0.6 is 0 Å². The maximum Gasteiger partial charge on any atom is 0.295 e. The van der Waals surface area contributed by atoms with Gasteiger partial charge in [0.15, 0.2) is 0 Å². The molecule has 0 radical (unpaired) electrons. The molecule has 0 aliphatic heterocycles. The Labute approximate surface area is 190 Å². The lowest BCUT2D eigenvalue weighted by molar-refractivity contribution is 0.483. The van der Waals surface area contributed by atoms with Gasteiger partial charge in [0, 0.05) is 5.56 Å². The average Bonchev–Trinajstić information content (AvgIpc) is 2.78. The van der Waals surface area contributed by atoms with Crippen LogP contribution in [0.1, 0.15) is 22.3 Å². The Bertz CT molecular complexity index is 1320. The van der Waals surface area contributed by atoms with Gasteiger partial charge in [-0.2, -0.15) is 8.42 Å². The summed E-state index contributed by atoms with van der Waals surface area (Å²) in [6.07, 6.45) is 1.46. The van der Waals surface area contributed by atoms with Crippen molar-refractivity contribution < 1.29 is 13.0 Å². The van der Waals surface area contributed by atoms with E-state index in [1.165, 1.54) is 22.3 Å². The van der Waals surface area contributed by atoms with Crippen LogP contribution in [0.25, 0.3) is 22.3 Å². The second kappa shape index (κ2) is 9.11. The van der Waals surface area contributed by atoms with Crippen molar-refractivity contribution in [3.8, 4) is 22.3 Å². The first-order valence-electron chi connectivity index (χ1n) is 10.6. The van der Waals surface area contributed by atoms with Crippen LogP contribution in [0.5, 0.6) is 0 Å². The van der Waals surface area contributed by atoms with Crippen molar-refractivity contribution in [2.24, 2.45) is 0 Å². The topological polar surface area (TPSA) is 54.4 Å². The van der Waals surface area contributed by atoms with E-state index in [4.69, 9.17) is 0 Å². The predicted octanol–water partition coefficient (Wildman–Crippen LogP) is 6.67. The maximum absolute atomic E-state index is 12.1. The highest BCUT2D eigenvalue weighted by molar-refractivity contribution is 7.86. The monoisotopic (exact) mass is 442 g/mol. The van der Waals surface area contributed by atoms with Crippen LogP contribution < -0.4 is 0 Å². The van der Waals surface area contributed by atoms with E-state index >= 15 is 0 Å². The molecule has 0 aliphatic rings. The number of benzene rings is 4. The first kappa shape index (κ1) is 22.0. The molecule has 0 aromatic heterocycles. The van der Waals surface area contributed by atoms with Crippen molar-refractivity contribution in [2.75, 3.05) is 0 Å². The van der Waals surface area contributed by atoms with Gasteiger partial charge in [-0.05, 0) is 60.6 Å². The average molecular weight is 443 g/mol. The van der Waals surface area contributed by atoms with Crippen LogP contribution in [0, 0.1) is 13.8 Å². The minimum Gasteiger partial charge on any atom is -0.282 e. The molecule has 0 atom stereocenters. The third-order valence-corrected chi connectivity index (χ3v) is 6.62. The zero-order valence-corrected chi connectivity index (χ0v) is 19.1. The molecular weight excluding hydrogens is 416 g/mol. The summed E-state index contributed by atoms with van der Waals surface area (Å²) in [5, 5.41) is 0. The molecule has 32 heavy (non-hydrogen) atoms. The van der Waals surface area contributed by atoms with Crippen molar-refractivity contribution >= 4 is 10.1 Å². The summed E-state index contributed by atoms with van der Waals surface area (Å²) in [5.41, 5.74) is 8.01. The minimum atomic E-state index is -4.34. The van der Waals surface area contributed by atoms with E-state index in [0.717, 1.165) is 23.1 Å². The molecule has 0 fully saturated rings. The molecule has 4 aromatic carbocycles. The van der Waals surface area contributed by atoms with Gasteiger partial charge in [-0.1, -0.05) is 96.1 Å². The van der Waals surface area contributed by atoms with Gasteiger partial charge < -0.3 is 0 Å². The summed E-state index contributed by atoms with van der Waals surface area (Å²) in [7, 11) is -4.34. The summed E-state index contributed by atoms with van der Waals surface area (Å²) < 4.78 is 34.0. The SMILES string of the molecule is Cc1ccc(-c2ccc(CCc3ccc(-c4ccc(C)cc4)c(S(=O)(=O)O)c3)cc2)cc1. The van der Waals surface area contributed by atoms with Crippen LogP contribution in [0.3, 0.4) is 0 Å². The van der Waals surface area contributed by atoms with Crippen LogP contribution in [0.15, 0.2) is 95.9 Å². The van der Waals surface area contributed by atoms with Crippen molar-refractivity contribution in [1.82, 2.24) is 0 Å². The summed E-state index contributed by atoms with van der Waals surface area (Å²) >= 11 is 0. The zero-order valence-electron chi connectivity index (χ0n) is 18.2. The van der Waals surface area contributed by atoms with Crippen LogP contribution in [-0.4, -0.2) is 13.0 Å². The van der Waals surface area contributed by atoms with Gasteiger partial charge in [-0.25, -0.2) is 0 Å². The quantitative estimate of drug-likeness (QED) is 0.339. The molecule has 0 heterocycles.